The van der Waals surface area contributed by atoms with Gasteiger partial charge in [-0.1, -0.05) is 42.5 Å². The van der Waals surface area contributed by atoms with Crippen molar-refractivity contribution in [3.05, 3.63) is 83.4 Å². The van der Waals surface area contributed by atoms with Gasteiger partial charge in [0.2, 0.25) is 5.91 Å². The molecule has 0 saturated heterocycles. The van der Waals surface area contributed by atoms with Crippen LogP contribution in [0.5, 0.6) is 23.0 Å². The van der Waals surface area contributed by atoms with E-state index in [1.807, 2.05) is 66.7 Å². The molecule has 28 heavy (non-hydrogen) atoms. The summed E-state index contributed by atoms with van der Waals surface area (Å²) in [4.78, 5) is 12.8. The molecule has 1 amide bonds. The normalized spacial score (nSPS) is 14.4. The van der Waals surface area contributed by atoms with Gasteiger partial charge in [-0.2, -0.15) is 0 Å². The van der Waals surface area contributed by atoms with Crippen LogP contribution in [0.3, 0.4) is 0 Å². The highest BCUT2D eigenvalue weighted by Crippen LogP contribution is 2.42. The summed E-state index contributed by atoms with van der Waals surface area (Å²) in [6, 6.07) is 21.0. The van der Waals surface area contributed by atoms with Gasteiger partial charge in [-0.05, 0) is 29.8 Å². The lowest BCUT2D eigenvalue weighted by Crippen LogP contribution is -2.32. The molecule has 5 nitrogen and oxygen atoms in total. The van der Waals surface area contributed by atoms with Gasteiger partial charge in [-0.15, -0.1) is 0 Å². The number of hydrogen-bond acceptors (Lipinski definition) is 4. The first-order chi connectivity index (χ1) is 13.8. The molecule has 1 N–H and O–H groups in total. The van der Waals surface area contributed by atoms with Crippen LogP contribution in [0.1, 0.15) is 22.7 Å². The SMILES string of the molecule is O=C(Cc1ccc2c(c1)OCCO2)NC1c2ccccc2Oc2ccccc21. The van der Waals surface area contributed by atoms with Crippen molar-refractivity contribution in [1.82, 2.24) is 5.32 Å². The van der Waals surface area contributed by atoms with Gasteiger partial charge >= 0.3 is 0 Å². The Morgan fingerprint density at radius 2 is 1.46 bits per heavy atom. The van der Waals surface area contributed by atoms with Gasteiger partial charge in [0.1, 0.15) is 24.7 Å². The van der Waals surface area contributed by atoms with Crippen LogP contribution in [0.25, 0.3) is 0 Å². The molecule has 2 aliphatic rings. The Labute approximate surface area is 162 Å². The quantitative estimate of drug-likeness (QED) is 0.754. The summed E-state index contributed by atoms with van der Waals surface area (Å²) in [5.74, 6) is 2.89. The molecule has 0 aliphatic carbocycles. The van der Waals surface area contributed by atoms with Crippen LogP contribution in [0, 0.1) is 0 Å². The first kappa shape index (κ1) is 16.7. The molecular formula is C23H19NO4. The third kappa shape index (κ3) is 3.05. The third-order valence-electron chi connectivity index (χ3n) is 4.96. The van der Waals surface area contributed by atoms with Gasteiger partial charge in [0.15, 0.2) is 11.5 Å². The van der Waals surface area contributed by atoms with Gasteiger partial charge in [-0.25, -0.2) is 0 Å². The van der Waals surface area contributed by atoms with Crippen molar-refractivity contribution in [3.8, 4) is 23.0 Å². The predicted molar refractivity (Wildman–Crippen MR) is 104 cm³/mol. The number of fused-ring (bicyclic) bond motifs is 3. The van der Waals surface area contributed by atoms with Crippen LogP contribution in [0.4, 0.5) is 0 Å². The molecule has 0 spiro atoms. The average Bonchev–Trinajstić information content (AvgIpc) is 2.73. The molecule has 0 fully saturated rings. The summed E-state index contributed by atoms with van der Waals surface area (Å²) in [6.45, 7) is 1.08. The van der Waals surface area contributed by atoms with Crippen LogP contribution in [0.2, 0.25) is 0 Å². The summed E-state index contributed by atoms with van der Waals surface area (Å²) in [5.41, 5.74) is 2.80. The Kier molecular flexibility index (Phi) is 4.13. The Bertz CT molecular complexity index is 1000. The smallest absolute Gasteiger partial charge is 0.225 e. The van der Waals surface area contributed by atoms with E-state index in [1.165, 1.54) is 0 Å². The first-order valence-corrected chi connectivity index (χ1v) is 9.31. The van der Waals surface area contributed by atoms with Crippen LogP contribution in [-0.4, -0.2) is 19.1 Å². The van der Waals surface area contributed by atoms with Crippen molar-refractivity contribution >= 4 is 5.91 Å². The number of carbonyl (C=O) groups excluding carboxylic acids is 1. The molecule has 2 aliphatic heterocycles. The Hall–Kier alpha value is -3.47. The number of amides is 1. The average molecular weight is 373 g/mol. The van der Waals surface area contributed by atoms with E-state index in [1.54, 1.807) is 0 Å². The third-order valence-corrected chi connectivity index (χ3v) is 4.96. The summed E-state index contributed by atoms with van der Waals surface area (Å²) in [5, 5.41) is 3.17. The minimum atomic E-state index is -0.245. The molecule has 3 aromatic rings. The second-order valence-electron chi connectivity index (χ2n) is 6.83. The number of ether oxygens (including phenoxy) is 3. The van der Waals surface area contributed by atoms with Crippen molar-refractivity contribution in [1.29, 1.82) is 0 Å². The van der Waals surface area contributed by atoms with Crippen molar-refractivity contribution in [2.24, 2.45) is 0 Å². The van der Waals surface area contributed by atoms with Crippen LogP contribution in [-0.2, 0) is 11.2 Å². The molecule has 5 rings (SSSR count). The highest BCUT2D eigenvalue weighted by Gasteiger charge is 2.28. The number of carbonyl (C=O) groups is 1. The van der Waals surface area contributed by atoms with Crippen LogP contribution >= 0.6 is 0 Å². The van der Waals surface area contributed by atoms with Gasteiger partial charge in [0, 0.05) is 11.1 Å². The van der Waals surface area contributed by atoms with E-state index in [0.29, 0.717) is 19.0 Å². The zero-order chi connectivity index (χ0) is 18.9. The van der Waals surface area contributed by atoms with Gasteiger partial charge in [0.05, 0.1) is 12.5 Å². The monoisotopic (exact) mass is 373 g/mol. The number of hydrogen-bond donors (Lipinski definition) is 1. The predicted octanol–water partition coefficient (Wildman–Crippen LogP) is 4.01. The Balaban J connectivity index is 1.39. The van der Waals surface area contributed by atoms with E-state index in [-0.39, 0.29) is 18.4 Å². The number of rotatable bonds is 3. The molecule has 2 heterocycles. The summed E-state index contributed by atoms with van der Waals surface area (Å²) >= 11 is 0. The maximum absolute atomic E-state index is 12.8. The zero-order valence-corrected chi connectivity index (χ0v) is 15.2. The maximum Gasteiger partial charge on any atom is 0.225 e. The topological polar surface area (TPSA) is 56.8 Å². The fraction of sp³-hybridized carbons (Fsp3) is 0.174. The standard InChI is InChI=1S/C23H19NO4/c25-22(14-15-9-10-20-21(13-15)27-12-11-26-20)24-23-16-5-1-3-7-18(16)28-19-8-4-2-6-17(19)23/h1-10,13,23H,11-12,14H2,(H,24,25). The molecule has 3 aromatic carbocycles. The zero-order valence-electron chi connectivity index (χ0n) is 15.2. The van der Waals surface area contributed by atoms with Crippen molar-refractivity contribution in [3.63, 3.8) is 0 Å². The lowest BCUT2D eigenvalue weighted by Gasteiger charge is -2.29. The van der Waals surface area contributed by atoms with Crippen LogP contribution in [0.15, 0.2) is 66.7 Å². The number of nitrogens with one attached hydrogen (secondary N) is 1. The molecule has 140 valence electrons. The van der Waals surface area contributed by atoms with E-state index in [2.05, 4.69) is 5.32 Å². The van der Waals surface area contributed by atoms with E-state index in [4.69, 9.17) is 14.2 Å². The van der Waals surface area contributed by atoms with Crippen molar-refractivity contribution < 1.29 is 19.0 Å². The minimum absolute atomic E-state index is 0.0619. The highest BCUT2D eigenvalue weighted by molar-refractivity contribution is 5.80. The highest BCUT2D eigenvalue weighted by atomic mass is 16.6. The maximum atomic E-state index is 12.8. The largest absolute Gasteiger partial charge is 0.486 e. The Morgan fingerprint density at radius 3 is 2.18 bits per heavy atom. The minimum Gasteiger partial charge on any atom is -0.486 e. The van der Waals surface area contributed by atoms with Crippen molar-refractivity contribution in [2.45, 2.75) is 12.5 Å². The molecule has 0 atom stereocenters. The summed E-state index contributed by atoms with van der Waals surface area (Å²) in [7, 11) is 0. The number of para-hydroxylation sites is 2. The molecule has 0 saturated carbocycles. The Morgan fingerprint density at radius 1 is 0.821 bits per heavy atom. The fourth-order valence-electron chi connectivity index (χ4n) is 3.66. The van der Waals surface area contributed by atoms with E-state index in [9.17, 15) is 4.79 Å². The second-order valence-corrected chi connectivity index (χ2v) is 6.83. The van der Waals surface area contributed by atoms with Gasteiger partial charge in [-0.3, -0.25) is 4.79 Å². The van der Waals surface area contributed by atoms with E-state index < -0.39 is 0 Å². The van der Waals surface area contributed by atoms with Gasteiger partial charge in [0.25, 0.3) is 0 Å². The first-order valence-electron chi connectivity index (χ1n) is 9.31. The van der Waals surface area contributed by atoms with E-state index in [0.717, 1.165) is 33.9 Å². The molecule has 0 bridgehead atoms. The van der Waals surface area contributed by atoms with E-state index >= 15 is 0 Å². The van der Waals surface area contributed by atoms with Crippen molar-refractivity contribution in [2.75, 3.05) is 13.2 Å². The number of benzene rings is 3. The summed E-state index contributed by atoms with van der Waals surface area (Å²) < 4.78 is 17.1. The lowest BCUT2D eigenvalue weighted by molar-refractivity contribution is -0.121. The fourth-order valence-corrected chi connectivity index (χ4v) is 3.66. The lowest BCUT2D eigenvalue weighted by atomic mass is 9.94. The van der Waals surface area contributed by atoms with Gasteiger partial charge < -0.3 is 19.5 Å². The molecule has 0 aromatic heterocycles. The molecular weight excluding hydrogens is 354 g/mol. The second kappa shape index (κ2) is 6.93. The summed E-state index contributed by atoms with van der Waals surface area (Å²) in [6.07, 6.45) is 0.262. The molecule has 0 unspecified atom stereocenters. The van der Waals surface area contributed by atoms with Crippen LogP contribution < -0.4 is 19.5 Å². The molecule has 5 heteroatoms. The molecule has 0 radical (unpaired) electrons.